The van der Waals surface area contributed by atoms with Crippen LogP contribution in [0.5, 0.6) is 11.5 Å². The number of hydrogen-bond acceptors (Lipinski definition) is 5. The van der Waals surface area contributed by atoms with Gasteiger partial charge in [-0.1, -0.05) is 63.9 Å². The van der Waals surface area contributed by atoms with Gasteiger partial charge >= 0.3 is 0 Å². The minimum absolute atomic E-state index is 0.0123. The van der Waals surface area contributed by atoms with E-state index in [-0.39, 0.29) is 17.9 Å². The van der Waals surface area contributed by atoms with Crippen LogP contribution < -0.4 is 10.1 Å². The Morgan fingerprint density at radius 1 is 1.03 bits per heavy atom. The lowest BCUT2D eigenvalue weighted by molar-refractivity contribution is -0.126. The molecule has 6 nitrogen and oxygen atoms in total. The van der Waals surface area contributed by atoms with Gasteiger partial charge in [0.25, 0.3) is 0 Å². The number of carbonyl (C=O) groups is 1. The summed E-state index contributed by atoms with van der Waals surface area (Å²) in [5.41, 5.74) is 1.18. The van der Waals surface area contributed by atoms with Gasteiger partial charge in [-0.15, -0.1) is 0 Å². The van der Waals surface area contributed by atoms with Gasteiger partial charge in [-0.2, -0.15) is 0 Å². The van der Waals surface area contributed by atoms with Gasteiger partial charge in [-0.3, -0.25) is 14.6 Å². The van der Waals surface area contributed by atoms with Crippen LogP contribution in [0.3, 0.4) is 0 Å². The lowest BCUT2D eigenvalue weighted by atomic mass is 9.96. The normalized spacial score (nSPS) is 21.6. The van der Waals surface area contributed by atoms with Crippen molar-refractivity contribution in [3.05, 3.63) is 60.2 Å². The van der Waals surface area contributed by atoms with Crippen molar-refractivity contribution < 1.29 is 14.6 Å². The molecule has 2 N–H and O–H groups in total. The SMILES string of the molecule is CCCCN1CCN(Cc2ccc(Oc3ccccc3)cc2)CCC(=O)N[C@@H]([C@@H](C)CC)C1O. The van der Waals surface area contributed by atoms with E-state index < -0.39 is 6.23 Å². The van der Waals surface area contributed by atoms with E-state index in [4.69, 9.17) is 4.74 Å². The molecule has 0 radical (unpaired) electrons. The fourth-order valence-electron chi connectivity index (χ4n) is 4.33. The second kappa shape index (κ2) is 13.5. The Balaban J connectivity index is 1.66. The van der Waals surface area contributed by atoms with Gasteiger partial charge in [0.1, 0.15) is 17.7 Å². The summed E-state index contributed by atoms with van der Waals surface area (Å²) in [6.45, 7) is 10.2. The number of para-hydroxylation sites is 1. The maximum Gasteiger partial charge on any atom is 0.221 e. The van der Waals surface area contributed by atoms with Crippen molar-refractivity contribution in [1.82, 2.24) is 15.1 Å². The quantitative estimate of drug-likeness (QED) is 0.563. The fourth-order valence-corrected chi connectivity index (χ4v) is 4.33. The average Bonchev–Trinajstić information content (AvgIpc) is 2.86. The zero-order chi connectivity index (χ0) is 24.3. The van der Waals surface area contributed by atoms with Crippen LogP contribution in [0, 0.1) is 5.92 Å². The van der Waals surface area contributed by atoms with Crippen LogP contribution in [0.25, 0.3) is 0 Å². The number of ether oxygens (including phenoxy) is 1. The molecule has 1 unspecified atom stereocenters. The number of benzene rings is 2. The fraction of sp³-hybridized carbons (Fsp3) is 0.536. The predicted octanol–water partition coefficient (Wildman–Crippen LogP) is 4.64. The summed E-state index contributed by atoms with van der Waals surface area (Å²) < 4.78 is 5.91. The first-order chi connectivity index (χ1) is 16.5. The lowest BCUT2D eigenvalue weighted by Gasteiger charge is -2.39. The van der Waals surface area contributed by atoms with E-state index in [9.17, 15) is 9.90 Å². The Kier molecular flexibility index (Phi) is 10.4. The van der Waals surface area contributed by atoms with E-state index in [0.29, 0.717) is 13.0 Å². The van der Waals surface area contributed by atoms with Crippen LogP contribution in [-0.2, 0) is 11.3 Å². The molecule has 1 aliphatic rings. The van der Waals surface area contributed by atoms with Gasteiger partial charge in [-0.25, -0.2) is 0 Å². The predicted molar refractivity (Wildman–Crippen MR) is 137 cm³/mol. The van der Waals surface area contributed by atoms with Crippen molar-refractivity contribution in [2.24, 2.45) is 5.92 Å². The Morgan fingerprint density at radius 2 is 1.74 bits per heavy atom. The highest BCUT2D eigenvalue weighted by Crippen LogP contribution is 2.22. The smallest absolute Gasteiger partial charge is 0.221 e. The number of amides is 1. The van der Waals surface area contributed by atoms with Crippen molar-refractivity contribution in [1.29, 1.82) is 0 Å². The summed E-state index contributed by atoms with van der Waals surface area (Å²) in [6, 6.07) is 17.7. The molecule has 1 aliphatic heterocycles. The molecule has 1 saturated heterocycles. The monoisotopic (exact) mass is 467 g/mol. The Bertz CT molecular complexity index is 859. The molecule has 2 aromatic rings. The molecule has 0 aliphatic carbocycles. The minimum Gasteiger partial charge on any atom is -0.457 e. The van der Waals surface area contributed by atoms with Crippen molar-refractivity contribution in [3.8, 4) is 11.5 Å². The number of aliphatic hydroxyl groups is 1. The third-order valence-electron chi connectivity index (χ3n) is 6.75. The highest BCUT2D eigenvalue weighted by Gasteiger charge is 2.31. The van der Waals surface area contributed by atoms with Crippen LogP contribution in [0.1, 0.15) is 52.0 Å². The molecule has 0 aromatic heterocycles. The highest BCUT2D eigenvalue weighted by molar-refractivity contribution is 5.76. The maximum atomic E-state index is 12.7. The number of unbranched alkanes of at least 4 members (excludes halogenated alkanes) is 1. The molecule has 0 saturated carbocycles. The van der Waals surface area contributed by atoms with E-state index in [1.807, 2.05) is 42.5 Å². The molecule has 0 bridgehead atoms. The lowest BCUT2D eigenvalue weighted by Crippen LogP contribution is -2.57. The molecule has 1 fully saturated rings. The molecule has 2 aromatic carbocycles. The highest BCUT2D eigenvalue weighted by atomic mass is 16.5. The molecule has 3 atom stereocenters. The molecule has 1 amide bonds. The second-order valence-corrected chi connectivity index (χ2v) is 9.37. The molecule has 1 heterocycles. The number of aliphatic hydroxyl groups excluding tert-OH is 1. The largest absolute Gasteiger partial charge is 0.457 e. The molecular weight excluding hydrogens is 426 g/mol. The molecule has 6 heteroatoms. The zero-order valence-electron chi connectivity index (χ0n) is 21.0. The van der Waals surface area contributed by atoms with Crippen LogP contribution in [0.15, 0.2) is 54.6 Å². The molecule has 186 valence electrons. The summed E-state index contributed by atoms with van der Waals surface area (Å²) in [4.78, 5) is 17.2. The van der Waals surface area contributed by atoms with Crippen molar-refractivity contribution in [2.45, 2.75) is 65.3 Å². The van der Waals surface area contributed by atoms with Crippen LogP contribution >= 0.6 is 0 Å². The zero-order valence-corrected chi connectivity index (χ0v) is 21.0. The number of carbonyl (C=O) groups excluding carboxylic acids is 1. The molecule has 0 spiro atoms. The second-order valence-electron chi connectivity index (χ2n) is 9.37. The first kappa shape index (κ1) is 26.2. The molecular formula is C28H41N3O3. The Hall–Kier alpha value is -2.41. The van der Waals surface area contributed by atoms with Crippen LogP contribution in [0.2, 0.25) is 0 Å². The van der Waals surface area contributed by atoms with Gasteiger partial charge in [-0.05, 0) is 42.2 Å². The first-order valence-corrected chi connectivity index (χ1v) is 12.8. The number of nitrogens with zero attached hydrogens (tertiary/aromatic N) is 2. The van der Waals surface area contributed by atoms with E-state index in [1.54, 1.807) is 0 Å². The van der Waals surface area contributed by atoms with Crippen molar-refractivity contribution >= 4 is 5.91 Å². The third-order valence-corrected chi connectivity index (χ3v) is 6.75. The summed E-state index contributed by atoms with van der Waals surface area (Å²) in [6.07, 6.45) is 2.79. The van der Waals surface area contributed by atoms with E-state index in [1.165, 1.54) is 5.56 Å². The Labute approximate surface area is 204 Å². The summed E-state index contributed by atoms with van der Waals surface area (Å²) in [5, 5.41) is 14.3. The van der Waals surface area contributed by atoms with Crippen LogP contribution in [-0.4, -0.2) is 59.3 Å². The van der Waals surface area contributed by atoms with E-state index in [0.717, 1.165) is 56.9 Å². The maximum absolute atomic E-state index is 12.7. The molecule has 34 heavy (non-hydrogen) atoms. The number of rotatable bonds is 9. The summed E-state index contributed by atoms with van der Waals surface area (Å²) in [5.74, 6) is 1.85. The topological polar surface area (TPSA) is 65.0 Å². The first-order valence-electron chi connectivity index (χ1n) is 12.8. The van der Waals surface area contributed by atoms with Gasteiger partial charge in [0.05, 0.1) is 6.04 Å². The van der Waals surface area contributed by atoms with Gasteiger partial charge in [0.15, 0.2) is 0 Å². The average molecular weight is 468 g/mol. The summed E-state index contributed by atoms with van der Waals surface area (Å²) in [7, 11) is 0. The standard InChI is InChI=1S/C28H41N3O3/c1-4-6-17-31-20-19-30(18-16-26(32)29-27(28(31)33)22(3)5-2)21-23-12-14-25(15-13-23)34-24-10-8-7-9-11-24/h7-15,22,27-28,33H,4-6,16-21H2,1-3H3,(H,29,32)/t22-,27-,28?/m0/s1. The van der Waals surface area contributed by atoms with Gasteiger partial charge in [0, 0.05) is 39.1 Å². The molecule has 3 rings (SSSR count). The van der Waals surface area contributed by atoms with Crippen molar-refractivity contribution in [2.75, 3.05) is 26.2 Å². The van der Waals surface area contributed by atoms with E-state index in [2.05, 4.69) is 48.0 Å². The van der Waals surface area contributed by atoms with Gasteiger partial charge < -0.3 is 15.2 Å². The minimum atomic E-state index is -0.667. The number of hydrogen-bond donors (Lipinski definition) is 2. The number of nitrogens with one attached hydrogen (secondary N) is 1. The van der Waals surface area contributed by atoms with Crippen LogP contribution in [0.4, 0.5) is 0 Å². The van der Waals surface area contributed by atoms with Crippen molar-refractivity contribution in [3.63, 3.8) is 0 Å². The summed E-state index contributed by atoms with van der Waals surface area (Å²) >= 11 is 0. The third kappa shape index (κ3) is 7.83. The van der Waals surface area contributed by atoms with Gasteiger partial charge in [0.2, 0.25) is 5.91 Å². The Morgan fingerprint density at radius 3 is 2.41 bits per heavy atom. The van der Waals surface area contributed by atoms with E-state index >= 15 is 0 Å².